The second kappa shape index (κ2) is 7.81. The van der Waals surface area contributed by atoms with Crippen LogP contribution in [0.1, 0.15) is 29.6 Å². The summed E-state index contributed by atoms with van der Waals surface area (Å²) in [5.74, 6) is 1.08. The molecule has 2 aromatic heterocycles. The first-order valence-electron chi connectivity index (χ1n) is 10.0. The van der Waals surface area contributed by atoms with Gasteiger partial charge in [-0.25, -0.2) is 4.79 Å². The molecular weight excluding hydrogens is 386 g/mol. The van der Waals surface area contributed by atoms with Gasteiger partial charge in [0.25, 0.3) is 5.56 Å². The Labute approximate surface area is 173 Å². The number of piperidine rings is 1. The molecule has 0 unspecified atom stereocenters. The van der Waals surface area contributed by atoms with E-state index in [4.69, 9.17) is 4.74 Å². The molecule has 158 valence electrons. The molecule has 9 nitrogen and oxygen atoms in total. The monoisotopic (exact) mass is 411 g/mol. The Morgan fingerprint density at radius 2 is 1.70 bits per heavy atom. The Morgan fingerprint density at radius 3 is 2.33 bits per heavy atom. The van der Waals surface area contributed by atoms with Gasteiger partial charge in [0.05, 0.1) is 13.7 Å². The van der Waals surface area contributed by atoms with Crippen LogP contribution >= 0.6 is 0 Å². The van der Waals surface area contributed by atoms with Gasteiger partial charge in [-0.2, -0.15) is 4.98 Å². The summed E-state index contributed by atoms with van der Waals surface area (Å²) < 4.78 is 9.23. The second-order valence-corrected chi connectivity index (χ2v) is 7.58. The quantitative estimate of drug-likeness (QED) is 0.588. The molecule has 1 saturated heterocycles. The fourth-order valence-corrected chi connectivity index (χ4v) is 3.93. The van der Waals surface area contributed by atoms with E-state index in [0.717, 1.165) is 36.9 Å². The zero-order valence-corrected chi connectivity index (χ0v) is 17.4. The zero-order chi connectivity index (χ0) is 21.4. The van der Waals surface area contributed by atoms with Crippen LogP contribution in [0.25, 0.3) is 11.2 Å². The average Bonchev–Trinajstić information content (AvgIpc) is 3.16. The lowest BCUT2D eigenvalue weighted by Crippen LogP contribution is -2.38. The summed E-state index contributed by atoms with van der Waals surface area (Å²) >= 11 is 0. The first kappa shape index (κ1) is 19.9. The number of Topliss-reactive ketones (excluding diaryl/α,β-unsaturated/α-hetero) is 1. The first-order chi connectivity index (χ1) is 14.4. The van der Waals surface area contributed by atoms with E-state index in [9.17, 15) is 14.4 Å². The van der Waals surface area contributed by atoms with Gasteiger partial charge in [-0.1, -0.05) is 0 Å². The summed E-state index contributed by atoms with van der Waals surface area (Å²) in [7, 11) is 4.60. The van der Waals surface area contributed by atoms with Gasteiger partial charge in [0.2, 0.25) is 5.95 Å². The van der Waals surface area contributed by atoms with Crippen LogP contribution in [0, 0.1) is 0 Å². The molecule has 4 rings (SSSR count). The minimum atomic E-state index is -0.452. The number of hydrogen-bond acceptors (Lipinski definition) is 6. The molecule has 3 heterocycles. The number of anilines is 1. The Kier molecular flexibility index (Phi) is 5.19. The van der Waals surface area contributed by atoms with Crippen molar-refractivity contribution in [3.63, 3.8) is 0 Å². The third kappa shape index (κ3) is 3.30. The van der Waals surface area contributed by atoms with E-state index in [1.54, 1.807) is 43.0 Å². The largest absolute Gasteiger partial charge is 0.497 e. The van der Waals surface area contributed by atoms with E-state index in [1.807, 2.05) is 0 Å². The Bertz CT molecular complexity index is 1210. The summed E-state index contributed by atoms with van der Waals surface area (Å²) in [6, 6.07) is 6.87. The molecule has 0 amide bonds. The summed E-state index contributed by atoms with van der Waals surface area (Å²) in [6.07, 6.45) is 3.18. The van der Waals surface area contributed by atoms with Gasteiger partial charge in [0.1, 0.15) is 5.75 Å². The summed E-state index contributed by atoms with van der Waals surface area (Å²) in [4.78, 5) is 45.1. The molecule has 9 heteroatoms. The van der Waals surface area contributed by atoms with E-state index in [-0.39, 0.29) is 17.8 Å². The highest BCUT2D eigenvalue weighted by atomic mass is 16.5. The second-order valence-electron chi connectivity index (χ2n) is 7.58. The van der Waals surface area contributed by atoms with Gasteiger partial charge in [-0.15, -0.1) is 0 Å². The molecule has 0 bridgehead atoms. The summed E-state index contributed by atoms with van der Waals surface area (Å²) in [6.45, 7) is 1.56. The molecule has 30 heavy (non-hydrogen) atoms. The van der Waals surface area contributed by atoms with Crippen LogP contribution in [0.4, 0.5) is 5.95 Å². The fourth-order valence-electron chi connectivity index (χ4n) is 3.93. The summed E-state index contributed by atoms with van der Waals surface area (Å²) in [5.41, 5.74) is 0.187. The van der Waals surface area contributed by atoms with Crippen molar-refractivity contribution in [1.29, 1.82) is 0 Å². The number of carbonyl (C=O) groups is 1. The third-order valence-corrected chi connectivity index (χ3v) is 5.68. The van der Waals surface area contributed by atoms with Gasteiger partial charge < -0.3 is 9.64 Å². The van der Waals surface area contributed by atoms with Crippen LogP contribution in [-0.4, -0.2) is 44.7 Å². The maximum atomic E-state index is 13.1. The molecule has 1 aliphatic rings. The predicted octanol–water partition coefficient (Wildman–Crippen LogP) is 1.32. The lowest BCUT2D eigenvalue weighted by molar-refractivity contribution is 0.0973. The number of ether oxygens (including phenoxy) is 1. The topological polar surface area (TPSA) is 91.4 Å². The highest BCUT2D eigenvalue weighted by molar-refractivity contribution is 5.97. The molecule has 3 aromatic rings. The number of benzene rings is 1. The van der Waals surface area contributed by atoms with Crippen LogP contribution in [0.15, 0.2) is 33.9 Å². The van der Waals surface area contributed by atoms with Crippen molar-refractivity contribution in [3.05, 3.63) is 50.7 Å². The minimum Gasteiger partial charge on any atom is -0.497 e. The number of carbonyl (C=O) groups excluding carboxylic acids is 1. The highest BCUT2D eigenvalue weighted by Crippen LogP contribution is 2.24. The molecule has 0 N–H and O–H groups in total. The third-order valence-electron chi connectivity index (χ3n) is 5.68. The van der Waals surface area contributed by atoms with Crippen LogP contribution in [-0.2, 0) is 20.6 Å². The number of aromatic nitrogens is 4. The maximum Gasteiger partial charge on any atom is 0.332 e. The van der Waals surface area contributed by atoms with Crippen molar-refractivity contribution in [1.82, 2.24) is 18.7 Å². The van der Waals surface area contributed by atoms with Gasteiger partial charge >= 0.3 is 5.69 Å². The van der Waals surface area contributed by atoms with Gasteiger partial charge in [0, 0.05) is 32.7 Å². The molecule has 1 fully saturated rings. The van der Waals surface area contributed by atoms with E-state index in [2.05, 4.69) is 9.88 Å². The van der Waals surface area contributed by atoms with Crippen LogP contribution in [0.2, 0.25) is 0 Å². The Morgan fingerprint density at radius 1 is 1.03 bits per heavy atom. The van der Waals surface area contributed by atoms with Crippen molar-refractivity contribution in [2.75, 3.05) is 25.1 Å². The number of ketones is 1. The lowest BCUT2D eigenvalue weighted by Gasteiger charge is -2.28. The standard InChI is InChI=1S/C21H25N5O4/c1-23-18-17(19(28)24(2)21(23)29)26(20(22-18)25-11-5-4-6-12-25)13-16(27)14-7-9-15(30-3)10-8-14/h7-10H,4-6,11-13H2,1-3H3. The zero-order valence-electron chi connectivity index (χ0n) is 17.4. The van der Waals surface area contributed by atoms with E-state index in [1.165, 1.54) is 11.6 Å². The Hall–Kier alpha value is -3.36. The number of fused-ring (bicyclic) bond motifs is 1. The molecule has 0 atom stereocenters. The molecule has 1 aliphatic heterocycles. The van der Waals surface area contributed by atoms with Gasteiger partial charge in [-0.05, 0) is 43.5 Å². The molecule has 0 spiro atoms. The molecule has 0 aliphatic carbocycles. The molecule has 0 radical (unpaired) electrons. The van der Waals surface area contributed by atoms with Crippen LogP contribution < -0.4 is 20.9 Å². The average molecular weight is 411 g/mol. The smallest absolute Gasteiger partial charge is 0.332 e. The van der Waals surface area contributed by atoms with Gasteiger partial charge in [0.15, 0.2) is 16.9 Å². The van der Waals surface area contributed by atoms with E-state index >= 15 is 0 Å². The number of hydrogen-bond donors (Lipinski definition) is 0. The predicted molar refractivity (Wildman–Crippen MR) is 114 cm³/mol. The van der Waals surface area contributed by atoms with Crippen molar-refractivity contribution >= 4 is 22.9 Å². The molecule has 0 saturated carbocycles. The first-order valence-corrected chi connectivity index (χ1v) is 10.0. The molecular formula is C21H25N5O4. The van der Waals surface area contributed by atoms with Crippen LogP contribution in [0.5, 0.6) is 5.75 Å². The SMILES string of the molecule is COc1ccc(C(=O)Cn2c(N3CCCCC3)nc3c2c(=O)n(C)c(=O)n3C)cc1. The van der Waals surface area contributed by atoms with Crippen molar-refractivity contribution < 1.29 is 9.53 Å². The lowest BCUT2D eigenvalue weighted by atomic mass is 10.1. The van der Waals surface area contributed by atoms with Crippen molar-refractivity contribution in [2.45, 2.75) is 25.8 Å². The molecule has 1 aromatic carbocycles. The maximum absolute atomic E-state index is 13.1. The summed E-state index contributed by atoms with van der Waals surface area (Å²) in [5, 5.41) is 0. The number of nitrogens with zero attached hydrogens (tertiary/aromatic N) is 5. The highest BCUT2D eigenvalue weighted by Gasteiger charge is 2.25. The normalized spacial score (nSPS) is 14.3. The Balaban J connectivity index is 1.86. The van der Waals surface area contributed by atoms with Crippen LogP contribution in [0.3, 0.4) is 0 Å². The number of methoxy groups -OCH3 is 1. The van der Waals surface area contributed by atoms with Crippen molar-refractivity contribution in [2.24, 2.45) is 14.1 Å². The number of imidazole rings is 1. The fraction of sp³-hybridized carbons (Fsp3) is 0.429. The van der Waals surface area contributed by atoms with E-state index < -0.39 is 11.2 Å². The van der Waals surface area contributed by atoms with Gasteiger partial charge in [-0.3, -0.25) is 23.3 Å². The van der Waals surface area contributed by atoms with Crippen molar-refractivity contribution in [3.8, 4) is 5.75 Å². The number of rotatable bonds is 5. The minimum absolute atomic E-state index is 0.0396. The van der Waals surface area contributed by atoms with E-state index in [0.29, 0.717) is 22.9 Å². The number of aryl methyl sites for hydroxylation is 1.